The number of carbonyl (C=O) groups is 1. The number of piperazine rings is 1. The molecule has 160 valence electrons. The van der Waals surface area contributed by atoms with Gasteiger partial charge in [0.2, 0.25) is 0 Å². The highest BCUT2D eigenvalue weighted by atomic mass is 35.5. The van der Waals surface area contributed by atoms with Gasteiger partial charge in [-0.3, -0.25) is 19.9 Å². The predicted octanol–water partition coefficient (Wildman–Crippen LogP) is 3.00. The van der Waals surface area contributed by atoms with Gasteiger partial charge in [0.15, 0.2) is 0 Å². The lowest BCUT2D eigenvalue weighted by Crippen LogP contribution is -2.43. The van der Waals surface area contributed by atoms with Gasteiger partial charge in [0.05, 0.1) is 27.7 Å². The monoisotopic (exact) mass is 443 g/mol. The van der Waals surface area contributed by atoms with E-state index in [0.29, 0.717) is 31.0 Å². The Morgan fingerprint density at radius 2 is 2.00 bits per heavy atom. The average Bonchev–Trinajstić information content (AvgIpc) is 2.72. The lowest BCUT2D eigenvalue weighted by atomic mass is 10.1. The fourth-order valence-corrected chi connectivity index (χ4v) is 3.23. The topological polar surface area (TPSA) is 100 Å². The molecule has 1 amide bonds. The number of anilines is 1. The van der Waals surface area contributed by atoms with Gasteiger partial charge < -0.3 is 15.5 Å². The summed E-state index contributed by atoms with van der Waals surface area (Å²) in [5.74, 6) is -0.753. The molecular weight excluding hydrogens is 427 g/mol. The van der Waals surface area contributed by atoms with Gasteiger partial charge in [-0.1, -0.05) is 11.6 Å². The maximum atomic E-state index is 12.7. The van der Waals surface area contributed by atoms with Crippen molar-refractivity contribution in [2.75, 3.05) is 31.1 Å². The predicted molar refractivity (Wildman–Crippen MR) is 104 cm³/mol. The second-order valence-electron chi connectivity index (χ2n) is 6.53. The van der Waals surface area contributed by atoms with E-state index in [9.17, 15) is 28.1 Å². The standard InChI is InChI=1S/C18H17ClF3N5O3/c19-14-7-11(18(20,21)22)9-24-15(14)10-25-17(28)13-8-12(1-2-16(13)27(29)30)26-5-3-23-4-6-26/h1-2,7-9,23H,3-6,10H2,(H,25,28). The van der Waals surface area contributed by atoms with Crippen LogP contribution in [0.2, 0.25) is 5.02 Å². The Bertz CT molecular complexity index is 965. The van der Waals surface area contributed by atoms with Crippen molar-refractivity contribution in [3.8, 4) is 0 Å². The van der Waals surface area contributed by atoms with Crippen molar-refractivity contribution in [3.05, 3.63) is 62.4 Å². The number of alkyl halides is 3. The molecule has 2 heterocycles. The molecule has 30 heavy (non-hydrogen) atoms. The van der Waals surface area contributed by atoms with Crippen molar-refractivity contribution < 1.29 is 22.9 Å². The second-order valence-corrected chi connectivity index (χ2v) is 6.94. The van der Waals surface area contributed by atoms with Crippen LogP contribution in [-0.2, 0) is 12.7 Å². The molecule has 2 aromatic rings. The molecule has 1 aromatic carbocycles. The maximum absolute atomic E-state index is 12.7. The molecule has 8 nitrogen and oxygen atoms in total. The van der Waals surface area contributed by atoms with Gasteiger partial charge in [0.25, 0.3) is 11.6 Å². The van der Waals surface area contributed by atoms with E-state index in [1.54, 1.807) is 6.07 Å². The highest BCUT2D eigenvalue weighted by Crippen LogP contribution is 2.31. The van der Waals surface area contributed by atoms with Crippen LogP contribution in [0.25, 0.3) is 0 Å². The zero-order chi connectivity index (χ0) is 21.9. The van der Waals surface area contributed by atoms with Crippen molar-refractivity contribution in [3.63, 3.8) is 0 Å². The Hall–Kier alpha value is -2.92. The van der Waals surface area contributed by atoms with E-state index in [4.69, 9.17) is 11.6 Å². The van der Waals surface area contributed by atoms with Crippen molar-refractivity contribution in [2.45, 2.75) is 12.7 Å². The Morgan fingerprint density at radius 3 is 2.60 bits per heavy atom. The molecule has 1 aliphatic rings. The third-order valence-corrected chi connectivity index (χ3v) is 4.89. The number of carbonyl (C=O) groups excluding carboxylic acids is 1. The third-order valence-electron chi connectivity index (χ3n) is 4.56. The number of aromatic nitrogens is 1. The van der Waals surface area contributed by atoms with Crippen LogP contribution in [0, 0.1) is 10.1 Å². The van der Waals surface area contributed by atoms with Crippen LogP contribution in [0.4, 0.5) is 24.5 Å². The summed E-state index contributed by atoms with van der Waals surface area (Å²) < 4.78 is 38.1. The molecule has 12 heteroatoms. The van der Waals surface area contributed by atoms with Gasteiger partial charge in [-0.05, 0) is 18.2 Å². The van der Waals surface area contributed by atoms with Gasteiger partial charge in [-0.2, -0.15) is 13.2 Å². The van der Waals surface area contributed by atoms with E-state index in [1.165, 1.54) is 12.1 Å². The molecule has 0 aliphatic carbocycles. The molecule has 0 spiro atoms. The summed E-state index contributed by atoms with van der Waals surface area (Å²) in [5.41, 5.74) is -0.865. The van der Waals surface area contributed by atoms with Crippen molar-refractivity contribution in [2.24, 2.45) is 0 Å². The smallest absolute Gasteiger partial charge is 0.369 e. The molecule has 1 aliphatic heterocycles. The Kier molecular flexibility index (Phi) is 6.42. The first kappa shape index (κ1) is 21.8. The molecule has 0 bridgehead atoms. The molecule has 1 saturated heterocycles. The summed E-state index contributed by atoms with van der Waals surface area (Å²) in [4.78, 5) is 28.9. The third kappa shape index (κ3) is 4.97. The number of nitro groups is 1. The molecule has 2 N–H and O–H groups in total. The van der Waals surface area contributed by atoms with E-state index in [-0.39, 0.29) is 28.5 Å². The van der Waals surface area contributed by atoms with Gasteiger partial charge >= 0.3 is 6.18 Å². The highest BCUT2D eigenvalue weighted by molar-refractivity contribution is 6.31. The minimum atomic E-state index is -4.59. The molecule has 1 aromatic heterocycles. The van der Waals surface area contributed by atoms with Crippen LogP contribution in [0.1, 0.15) is 21.6 Å². The summed E-state index contributed by atoms with van der Waals surface area (Å²) in [5, 5.41) is 16.7. The van der Waals surface area contributed by atoms with Gasteiger partial charge in [-0.15, -0.1) is 0 Å². The lowest BCUT2D eigenvalue weighted by Gasteiger charge is -2.29. The van der Waals surface area contributed by atoms with E-state index in [0.717, 1.165) is 13.1 Å². The molecular formula is C18H17ClF3N5O3. The Balaban J connectivity index is 1.79. The SMILES string of the molecule is O=C(NCc1ncc(C(F)(F)F)cc1Cl)c1cc(N2CCNCC2)ccc1[N+](=O)[O-]. The number of pyridine rings is 1. The number of benzene rings is 1. The fraction of sp³-hybridized carbons (Fsp3) is 0.333. The number of nitrogens with zero attached hydrogens (tertiary/aromatic N) is 3. The molecule has 0 atom stereocenters. The maximum Gasteiger partial charge on any atom is 0.417 e. The summed E-state index contributed by atoms with van der Waals surface area (Å²) >= 11 is 5.84. The number of nitrogens with one attached hydrogen (secondary N) is 2. The molecule has 0 unspecified atom stereocenters. The summed E-state index contributed by atoms with van der Waals surface area (Å²) in [6.07, 6.45) is -3.98. The first-order valence-electron chi connectivity index (χ1n) is 8.90. The summed E-state index contributed by atoms with van der Waals surface area (Å²) in [6.45, 7) is 2.58. The van der Waals surface area contributed by atoms with Crippen molar-refractivity contribution in [1.29, 1.82) is 0 Å². The molecule has 1 fully saturated rings. The quantitative estimate of drug-likeness (QED) is 0.544. The molecule has 0 radical (unpaired) electrons. The number of rotatable bonds is 5. The van der Waals surface area contributed by atoms with E-state index < -0.39 is 22.6 Å². The zero-order valence-electron chi connectivity index (χ0n) is 15.5. The zero-order valence-corrected chi connectivity index (χ0v) is 16.3. The summed E-state index contributed by atoms with van der Waals surface area (Å²) in [6, 6.07) is 4.98. The van der Waals surface area contributed by atoms with Crippen LogP contribution >= 0.6 is 11.6 Å². The molecule has 3 rings (SSSR count). The van der Waals surface area contributed by atoms with E-state index in [1.807, 2.05) is 4.90 Å². The van der Waals surface area contributed by atoms with Gasteiger partial charge in [0.1, 0.15) is 5.56 Å². The second kappa shape index (κ2) is 8.84. The van der Waals surface area contributed by atoms with Crippen LogP contribution < -0.4 is 15.5 Å². The van der Waals surface area contributed by atoms with Crippen molar-refractivity contribution >= 4 is 28.9 Å². The number of hydrogen-bond donors (Lipinski definition) is 2. The van der Waals surface area contributed by atoms with Gasteiger partial charge in [-0.25, -0.2) is 0 Å². The van der Waals surface area contributed by atoms with E-state index in [2.05, 4.69) is 15.6 Å². The first-order valence-corrected chi connectivity index (χ1v) is 9.28. The van der Waals surface area contributed by atoms with Crippen LogP contribution in [0.3, 0.4) is 0 Å². The Labute approximate surface area is 174 Å². The number of halogens is 4. The number of hydrogen-bond acceptors (Lipinski definition) is 6. The van der Waals surface area contributed by atoms with Gasteiger partial charge in [0, 0.05) is 44.1 Å². The molecule has 0 saturated carbocycles. The average molecular weight is 444 g/mol. The Morgan fingerprint density at radius 1 is 1.30 bits per heavy atom. The fourth-order valence-electron chi connectivity index (χ4n) is 3.00. The van der Waals surface area contributed by atoms with Crippen LogP contribution in [0.5, 0.6) is 0 Å². The van der Waals surface area contributed by atoms with Crippen LogP contribution in [0.15, 0.2) is 30.5 Å². The largest absolute Gasteiger partial charge is 0.417 e. The van der Waals surface area contributed by atoms with Crippen LogP contribution in [-0.4, -0.2) is 42.0 Å². The highest BCUT2D eigenvalue weighted by Gasteiger charge is 2.31. The summed E-state index contributed by atoms with van der Waals surface area (Å²) in [7, 11) is 0. The number of amides is 1. The van der Waals surface area contributed by atoms with Crippen molar-refractivity contribution in [1.82, 2.24) is 15.6 Å². The normalized spacial score (nSPS) is 14.5. The van der Waals surface area contributed by atoms with E-state index >= 15 is 0 Å². The minimum Gasteiger partial charge on any atom is -0.369 e. The number of nitro benzene ring substituents is 1. The first-order chi connectivity index (χ1) is 14.2. The minimum absolute atomic E-state index is 0.0129. The lowest BCUT2D eigenvalue weighted by molar-refractivity contribution is -0.385.